The van der Waals surface area contributed by atoms with Crippen molar-refractivity contribution in [1.82, 2.24) is 20.3 Å². The van der Waals surface area contributed by atoms with Gasteiger partial charge >= 0.3 is 5.97 Å². The van der Waals surface area contributed by atoms with Gasteiger partial charge in [0, 0.05) is 13.1 Å². The predicted octanol–water partition coefficient (Wildman–Crippen LogP) is 1.21. The fraction of sp³-hybridized carbons (Fsp3) is 0.400. The normalized spacial score (nSPS) is 14.7. The van der Waals surface area contributed by atoms with E-state index in [4.69, 9.17) is 4.74 Å². The molecule has 2 aromatic rings. The zero-order chi connectivity index (χ0) is 14.5. The molecule has 0 amide bonds. The van der Waals surface area contributed by atoms with E-state index >= 15 is 0 Å². The second-order valence-corrected chi connectivity index (χ2v) is 5.12. The molecule has 1 fully saturated rings. The predicted molar refractivity (Wildman–Crippen MR) is 77.0 cm³/mol. The number of aryl methyl sites for hydroxylation is 1. The Morgan fingerprint density at radius 1 is 1.33 bits per heavy atom. The lowest BCUT2D eigenvalue weighted by molar-refractivity contribution is 0.0493. The number of hydrogen-bond donors (Lipinski definition) is 1. The van der Waals surface area contributed by atoms with Crippen LogP contribution in [0.3, 0.4) is 0 Å². The molecule has 1 aromatic heterocycles. The molecule has 1 saturated heterocycles. The van der Waals surface area contributed by atoms with Crippen LogP contribution in [0.4, 0.5) is 0 Å². The lowest BCUT2D eigenvalue weighted by Crippen LogP contribution is -2.43. The van der Waals surface area contributed by atoms with E-state index in [0.717, 1.165) is 25.9 Å². The molecule has 1 aliphatic heterocycles. The van der Waals surface area contributed by atoms with E-state index in [0.29, 0.717) is 12.6 Å². The van der Waals surface area contributed by atoms with Gasteiger partial charge in [-0.25, -0.2) is 9.48 Å². The van der Waals surface area contributed by atoms with Crippen LogP contribution < -0.4 is 5.32 Å². The minimum Gasteiger partial charge on any atom is -0.461 e. The van der Waals surface area contributed by atoms with Gasteiger partial charge in [-0.2, -0.15) is 0 Å². The highest BCUT2D eigenvalue weighted by atomic mass is 16.5. The number of ether oxygens (including phenoxy) is 1. The van der Waals surface area contributed by atoms with Crippen molar-refractivity contribution < 1.29 is 9.53 Å². The molecule has 1 aromatic carbocycles. The molecule has 0 unspecified atom stereocenters. The van der Waals surface area contributed by atoms with E-state index in [1.54, 1.807) is 10.9 Å². The molecule has 3 rings (SSSR count). The number of benzene rings is 1. The van der Waals surface area contributed by atoms with Gasteiger partial charge in [-0.1, -0.05) is 35.5 Å². The summed E-state index contributed by atoms with van der Waals surface area (Å²) in [6, 6.07) is 10.5. The van der Waals surface area contributed by atoms with Gasteiger partial charge in [-0.3, -0.25) is 0 Å². The van der Waals surface area contributed by atoms with Gasteiger partial charge in [-0.15, -0.1) is 5.10 Å². The number of nitrogens with zero attached hydrogens (tertiary/aromatic N) is 3. The van der Waals surface area contributed by atoms with Crippen molar-refractivity contribution in [3.63, 3.8) is 0 Å². The highest BCUT2D eigenvalue weighted by Gasteiger charge is 2.22. The molecule has 0 saturated carbocycles. The maximum atomic E-state index is 11.8. The Morgan fingerprint density at radius 2 is 2.14 bits per heavy atom. The van der Waals surface area contributed by atoms with Crippen molar-refractivity contribution in [1.29, 1.82) is 0 Å². The average Bonchev–Trinajstić information content (AvgIpc) is 2.92. The van der Waals surface area contributed by atoms with Crippen molar-refractivity contribution >= 4 is 5.97 Å². The minimum absolute atomic E-state index is 0.279. The molecule has 0 atom stereocenters. The summed E-state index contributed by atoms with van der Waals surface area (Å²) >= 11 is 0. The fourth-order valence-electron chi connectivity index (χ4n) is 2.17. The molecule has 1 N–H and O–H groups in total. The van der Waals surface area contributed by atoms with Crippen molar-refractivity contribution in [3.05, 3.63) is 47.8 Å². The lowest BCUT2D eigenvalue weighted by Gasteiger charge is -2.26. The third-order valence-electron chi connectivity index (χ3n) is 3.54. The van der Waals surface area contributed by atoms with Gasteiger partial charge in [0.15, 0.2) is 5.69 Å². The molecule has 6 nitrogen and oxygen atoms in total. The average molecular weight is 286 g/mol. The molecular weight excluding hydrogens is 268 g/mol. The molecule has 0 bridgehead atoms. The Morgan fingerprint density at radius 3 is 2.86 bits per heavy atom. The maximum Gasteiger partial charge on any atom is 0.360 e. The van der Waals surface area contributed by atoms with Gasteiger partial charge in [0.1, 0.15) is 0 Å². The van der Waals surface area contributed by atoms with Crippen LogP contribution in [0, 0.1) is 0 Å². The first-order chi connectivity index (χ1) is 10.3. The van der Waals surface area contributed by atoms with Crippen LogP contribution in [-0.4, -0.2) is 40.7 Å². The number of esters is 1. The van der Waals surface area contributed by atoms with E-state index in [9.17, 15) is 4.79 Å². The zero-order valence-electron chi connectivity index (χ0n) is 11.7. The summed E-state index contributed by atoms with van der Waals surface area (Å²) < 4.78 is 6.94. The summed E-state index contributed by atoms with van der Waals surface area (Å²) in [5, 5.41) is 11.0. The fourth-order valence-corrected chi connectivity index (χ4v) is 2.17. The molecule has 6 heteroatoms. The zero-order valence-corrected chi connectivity index (χ0v) is 11.7. The van der Waals surface area contributed by atoms with E-state index in [2.05, 4.69) is 27.8 Å². The molecule has 0 spiro atoms. The quantitative estimate of drug-likeness (QED) is 0.638. The third kappa shape index (κ3) is 3.46. The van der Waals surface area contributed by atoms with E-state index < -0.39 is 5.97 Å². The number of hydrogen-bond acceptors (Lipinski definition) is 5. The molecule has 2 heterocycles. The monoisotopic (exact) mass is 286 g/mol. The van der Waals surface area contributed by atoms with Crippen LogP contribution >= 0.6 is 0 Å². The smallest absolute Gasteiger partial charge is 0.360 e. The van der Waals surface area contributed by atoms with Gasteiger partial charge in [0.05, 0.1) is 18.8 Å². The van der Waals surface area contributed by atoms with Crippen molar-refractivity contribution in [2.24, 2.45) is 0 Å². The van der Waals surface area contributed by atoms with E-state index in [-0.39, 0.29) is 5.69 Å². The Kier molecular flexibility index (Phi) is 4.25. The molecule has 0 aliphatic carbocycles. The lowest BCUT2D eigenvalue weighted by atomic mass is 10.1. The first-order valence-electron chi connectivity index (χ1n) is 7.16. The van der Waals surface area contributed by atoms with Crippen molar-refractivity contribution in [2.75, 3.05) is 19.7 Å². The number of aromatic nitrogens is 3. The van der Waals surface area contributed by atoms with Crippen LogP contribution in [0.15, 0.2) is 36.5 Å². The van der Waals surface area contributed by atoms with Gasteiger partial charge < -0.3 is 10.1 Å². The molecule has 110 valence electrons. The van der Waals surface area contributed by atoms with Crippen LogP contribution in [-0.2, 0) is 11.2 Å². The molecule has 0 radical (unpaired) electrons. The summed E-state index contributed by atoms with van der Waals surface area (Å²) in [7, 11) is 0. The van der Waals surface area contributed by atoms with Crippen molar-refractivity contribution in [2.45, 2.75) is 18.9 Å². The molecular formula is C15H18N4O2. The number of nitrogens with one attached hydrogen (secondary N) is 1. The Bertz CT molecular complexity index is 593. The van der Waals surface area contributed by atoms with Crippen LogP contribution in [0.5, 0.6) is 0 Å². The Balaban J connectivity index is 1.42. The van der Waals surface area contributed by atoms with E-state index in [1.807, 2.05) is 18.2 Å². The van der Waals surface area contributed by atoms with Crippen molar-refractivity contribution in [3.8, 4) is 0 Å². The molecule has 21 heavy (non-hydrogen) atoms. The molecule has 1 aliphatic rings. The second-order valence-electron chi connectivity index (χ2n) is 5.12. The second kappa shape index (κ2) is 6.49. The topological polar surface area (TPSA) is 69.0 Å². The van der Waals surface area contributed by atoms with Crippen LogP contribution in [0.1, 0.15) is 28.5 Å². The van der Waals surface area contributed by atoms with Crippen LogP contribution in [0.2, 0.25) is 0 Å². The number of rotatable bonds is 6. The third-order valence-corrected chi connectivity index (χ3v) is 3.54. The largest absolute Gasteiger partial charge is 0.461 e. The Labute approximate surface area is 123 Å². The van der Waals surface area contributed by atoms with Crippen LogP contribution in [0.25, 0.3) is 0 Å². The van der Waals surface area contributed by atoms with Gasteiger partial charge in [0.2, 0.25) is 0 Å². The summed E-state index contributed by atoms with van der Waals surface area (Å²) in [5.41, 5.74) is 1.53. The standard InChI is InChI=1S/C15H18N4O2/c20-15(14-11-19(18-17-14)13-9-16-10-13)21-8-4-7-12-5-2-1-3-6-12/h1-3,5-6,11,13,16H,4,7-10H2. The first kappa shape index (κ1) is 13.8. The minimum atomic E-state index is -0.401. The summed E-state index contributed by atoms with van der Waals surface area (Å²) in [4.78, 5) is 11.8. The summed E-state index contributed by atoms with van der Waals surface area (Å²) in [5.74, 6) is -0.401. The number of carbonyl (C=O) groups excluding carboxylic acids is 1. The highest BCUT2D eigenvalue weighted by Crippen LogP contribution is 2.10. The van der Waals surface area contributed by atoms with E-state index in [1.165, 1.54) is 5.56 Å². The number of carbonyl (C=O) groups is 1. The SMILES string of the molecule is O=C(OCCCc1ccccc1)c1cn(C2CNC2)nn1. The highest BCUT2D eigenvalue weighted by molar-refractivity contribution is 5.86. The summed E-state index contributed by atoms with van der Waals surface area (Å²) in [6.07, 6.45) is 3.36. The first-order valence-corrected chi connectivity index (χ1v) is 7.16. The maximum absolute atomic E-state index is 11.8. The summed E-state index contributed by atoms with van der Waals surface area (Å²) in [6.45, 7) is 2.13. The van der Waals surface area contributed by atoms with Gasteiger partial charge in [-0.05, 0) is 18.4 Å². The Hall–Kier alpha value is -2.21. The van der Waals surface area contributed by atoms with Gasteiger partial charge in [0.25, 0.3) is 0 Å².